The Morgan fingerprint density at radius 2 is 0.450 bits per heavy atom. The van der Waals surface area contributed by atoms with Crippen molar-refractivity contribution in [2.45, 2.75) is 0 Å². The molecular formula is C109H70N8S3. The predicted octanol–water partition coefficient (Wildman–Crippen LogP) is 30.0. The van der Waals surface area contributed by atoms with Crippen LogP contribution in [0.25, 0.3) is 214 Å². The number of pyridine rings is 1. The van der Waals surface area contributed by atoms with Gasteiger partial charge in [0, 0.05) is 108 Å². The van der Waals surface area contributed by atoms with E-state index in [4.69, 9.17) is 24.9 Å². The summed E-state index contributed by atoms with van der Waals surface area (Å²) in [4.78, 5) is 25.3. The lowest BCUT2D eigenvalue weighted by Gasteiger charge is -2.13. The molecule has 0 radical (unpaired) electrons. The first-order valence-electron chi connectivity index (χ1n) is 40.1. The Bertz CT molecular complexity index is 7040. The topological polar surface area (TPSA) is 79.2 Å². The van der Waals surface area contributed by atoms with Crippen molar-refractivity contribution in [1.29, 1.82) is 0 Å². The summed E-state index contributed by atoms with van der Waals surface area (Å²) in [6.07, 6.45) is 0. The molecule has 24 aromatic rings. The monoisotopic (exact) mass is 1590 g/mol. The van der Waals surface area contributed by atoms with Crippen molar-refractivity contribution in [3.8, 4) is 119 Å². The summed E-state index contributed by atoms with van der Waals surface area (Å²) in [5, 5.41) is 18.2. The van der Waals surface area contributed by atoms with Crippen molar-refractivity contribution in [3.05, 3.63) is 423 Å². The maximum Gasteiger partial charge on any atom is 0.160 e. The number of nitrogens with zero attached hydrogens (tertiary/aromatic N) is 8. The molecule has 0 spiro atoms. The number of hydrogen-bond donors (Lipinski definition) is 0. The maximum absolute atomic E-state index is 5.17. The van der Waals surface area contributed by atoms with E-state index in [1.54, 1.807) is 11.3 Å². The van der Waals surface area contributed by atoms with Gasteiger partial charge in [-0.3, -0.25) is 0 Å². The molecule has 8 nitrogen and oxygen atoms in total. The van der Waals surface area contributed by atoms with Gasteiger partial charge in [-0.15, -0.1) is 34.0 Å². The molecular weight excluding hydrogens is 1520 g/mol. The molecule has 24 rings (SSSR count). The molecule has 0 N–H and O–H groups in total. The highest BCUT2D eigenvalue weighted by atomic mass is 32.1. The molecule has 0 aliphatic heterocycles. The van der Waals surface area contributed by atoms with Crippen LogP contribution in [-0.2, 0) is 0 Å². The molecule has 0 bridgehead atoms. The van der Waals surface area contributed by atoms with E-state index in [0.29, 0.717) is 5.82 Å². The Balaban J connectivity index is 0.000000108. The van der Waals surface area contributed by atoms with Crippen LogP contribution in [0.1, 0.15) is 0 Å². The van der Waals surface area contributed by atoms with Crippen LogP contribution < -0.4 is 0 Å². The second-order valence-corrected chi connectivity index (χ2v) is 32.6. The average molecular weight is 1590 g/mol. The number of para-hydroxylation sites is 3. The molecule has 564 valence electrons. The summed E-state index contributed by atoms with van der Waals surface area (Å²) < 4.78 is 11.1. The molecule has 15 aromatic carbocycles. The number of rotatable bonds is 12. The molecule has 0 amide bonds. The molecule has 9 aromatic heterocycles. The van der Waals surface area contributed by atoms with E-state index in [2.05, 4.69) is 357 Å². The lowest BCUT2D eigenvalue weighted by molar-refractivity contribution is 1.16. The highest BCUT2D eigenvalue weighted by Gasteiger charge is 2.22. The van der Waals surface area contributed by atoms with Crippen molar-refractivity contribution in [2.75, 3.05) is 0 Å². The molecule has 0 saturated carbocycles. The average Bonchev–Trinajstić information content (AvgIpc) is 1.59. The van der Waals surface area contributed by atoms with Crippen LogP contribution in [0.5, 0.6) is 0 Å². The summed E-state index contributed by atoms with van der Waals surface area (Å²) in [5.74, 6) is 1.43. The van der Waals surface area contributed by atoms with Crippen LogP contribution in [0.3, 0.4) is 0 Å². The Morgan fingerprint density at radius 3 is 0.817 bits per heavy atom. The highest BCUT2D eigenvalue weighted by Crippen LogP contribution is 2.45. The number of hydrogen-bond acceptors (Lipinski definition) is 8. The maximum atomic E-state index is 5.17. The van der Waals surface area contributed by atoms with Gasteiger partial charge < -0.3 is 13.7 Å². The Morgan fingerprint density at radius 1 is 0.175 bits per heavy atom. The van der Waals surface area contributed by atoms with Gasteiger partial charge in [-0.2, -0.15) is 0 Å². The molecule has 9 heterocycles. The number of thiophene rings is 3. The first-order chi connectivity index (χ1) is 59.5. The van der Waals surface area contributed by atoms with Crippen LogP contribution in [0.4, 0.5) is 0 Å². The quantitative estimate of drug-likeness (QED) is 0.122. The van der Waals surface area contributed by atoms with Crippen LogP contribution in [0, 0.1) is 0 Å². The molecule has 0 fully saturated rings. The predicted molar refractivity (Wildman–Crippen MR) is 506 cm³/mol. The normalized spacial score (nSPS) is 11.5. The zero-order valence-electron chi connectivity index (χ0n) is 64.7. The van der Waals surface area contributed by atoms with Gasteiger partial charge in [-0.1, -0.05) is 291 Å². The van der Waals surface area contributed by atoms with Crippen molar-refractivity contribution in [2.24, 2.45) is 0 Å². The summed E-state index contributed by atoms with van der Waals surface area (Å²) >= 11 is 5.43. The van der Waals surface area contributed by atoms with Crippen molar-refractivity contribution >= 4 is 130 Å². The van der Waals surface area contributed by atoms with Gasteiger partial charge in [0.2, 0.25) is 0 Å². The van der Waals surface area contributed by atoms with Crippen LogP contribution in [0.15, 0.2) is 423 Å². The van der Waals surface area contributed by atoms with Gasteiger partial charge >= 0.3 is 0 Å². The summed E-state index contributed by atoms with van der Waals surface area (Å²) in [5.41, 5.74) is 26.9. The Kier molecular flexibility index (Phi) is 18.3. The molecule has 120 heavy (non-hydrogen) atoms. The van der Waals surface area contributed by atoms with Crippen molar-refractivity contribution < 1.29 is 0 Å². The molecule has 0 atom stereocenters. The molecule has 11 heteroatoms. The SMILES string of the molecule is c1ccc(-c2cc(-c3cccc(-n4c5ccccc5c5c6sccc6ccc54)c3)nc(-c3ccccc3)n2)cc1.c1ccc(-c2cc(-c3ccccc3)nc(-c3cccc(-n4c5ccccc5c5c6sccc6ccc54)c3)c2)cc1.c1ccc(-c2cc(-c3ccccc3)nc(-c3cccc(-n4c5ccccc5c5c6sccc6ccc54)c3)n2)cc1. The lowest BCUT2D eigenvalue weighted by Crippen LogP contribution is -1.98. The number of aromatic nitrogens is 8. The first kappa shape index (κ1) is 71.4. The summed E-state index contributed by atoms with van der Waals surface area (Å²) in [6.45, 7) is 0. The smallest absolute Gasteiger partial charge is 0.160 e. The van der Waals surface area contributed by atoms with E-state index < -0.39 is 0 Å². The molecule has 0 saturated heterocycles. The Hall–Kier alpha value is -15.1. The van der Waals surface area contributed by atoms with E-state index >= 15 is 0 Å². The van der Waals surface area contributed by atoms with E-state index in [9.17, 15) is 0 Å². The third-order valence-corrected chi connectivity index (χ3v) is 25.5. The van der Waals surface area contributed by atoms with E-state index in [1.165, 1.54) is 101 Å². The number of fused-ring (bicyclic) bond motifs is 15. The molecule has 0 aliphatic carbocycles. The minimum absolute atomic E-state index is 0.712. The zero-order valence-corrected chi connectivity index (χ0v) is 67.2. The summed E-state index contributed by atoms with van der Waals surface area (Å²) in [6, 6.07) is 143. The van der Waals surface area contributed by atoms with E-state index in [-0.39, 0.29) is 0 Å². The van der Waals surface area contributed by atoms with Gasteiger partial charge in [0.05, 0.1) is 67.3 Å². The largest absolute Gasteiger partial charge is 0.309 e. The standard InChI is InChI=1S/C37H24N2S.2C36H23N3S/c1-3-10-25(11-4-1)29-23-32(26-12-5-2-6-13-26)38-33(24-29)28-14-9-15-30(22-28)39-34-17-8-7-16-31(34)36-35(39)19-18-27-20-21-40-37(27)36;1-3-10-24(11-4-1)30-23-31(38-36(37-30)26-12-5-2-6-13-26)27-14-9-15-28(22-27)39-32-17-8-7-16-29(32)34-33(39)19-18-25-20-21-40-35(25)34;1-3-10-24(11-4-1)30-23-31(25-12-5-2-6-13-25)38-36(37-30)27-14-9-15-28(22-27)39-32-17-8-7-16-29(32)34-33(39)19-18-26-20-21-40-35(26)34/h1-24H;2*1-23H. The van der Waals surface area contributed by atoms with E-state index in [0.717, 1.165) is 107 Å². The van der Waals surface area contributed by atoms with Gasteiger partial charge in [0.25, 0.3) is 0 Å². The van der Waals surface area contributed by atoms with Crippen molar-refractivity contribution in [1.82, 2.24) is 38.6 Å². The summed E-state index contributed by atoms with van der Waals surface area (Å²) in [7, 11) is 0. The van der Waals surface area contributed by atoms with Gasteiger partial charge in [-0.05, 0) is 159 Å². The molecule has 0 unspecified atom stereocenters. The Labute approximate surface area is 704 Å². The number of benzene rings is 15. The lowest BCUT2D eigenvalue weighted by atomic mass is 10.00. The highest BCUT2D eigenvalue weighted by molar-refractivity contribution is 7.19. The van der Waals surface area contributed by atoms with Gasteiger partial charge in [-0.25, -0.2) is 24.9 Å². The molecule has 0 aliphatic rings. The van der Waals surface area contributed by atoms with Gasteiger partial charge in [0.1, 0.15) is 0 Å². The minimum atomic E-state index is 0.712. The van der Waals surface area contributed by atoms with Crippen LogP contribution in [0.2, 0.25) is 0 Å². The first-order valence-corrected chi connectivity index (χ1v) is 42.8. The fraction of sp³-hybridized carbons (Fsp3) is 0. The van der Waals surface area contributed by atoms with Crippen LogP contribution >= 0.6 is 34.0 Å². The zero-order chi connectivity index (χ0) is 79.4. The fourth-order valence-electron chi connectivity index (χ4n) is 17.1. The van der Waals surface area contributed by atoms with Crippen LogP contribution in [-0.4, -0.2) is 38.6 Å². The second kappa shape index (κ2) is 30.8. The van der Waals surface area contributed by atoms with E-state index in [1.807, 2.05) is 102 Å². The second-order valence-electron chi connectivity index (χ2n) is 29.9. The third kappa shape index (κ3) is 13.2. The third-order valence-electron chi connectivity index (χ3n) is 22.6. The van der Waals surface area contributed by atoms with Crippen molar-refractivity contribution in [3.63, 3.8) is 0 Å². The van der Waals surface area contributed by atoms with Gasteiger partial charge in [0.15, 0.2) is 11.6 Å². The fourth-order valence-corrected chi connectivity index (χ4v) is 19.9. The minimum Gasteiger partial charge on any atom is -0.309 e.